The van der Waals surface area contributed by atoms with E-state index >= 15 is 0 Å². The van der Waals surface area contributed by atoms with Crippen molar-refractivity contribution in [3.8, 4) is 0 Å². The van der Waals surface area contributed by atoms with Crippen molar-refractivity contribution >= 4 is 6.03 Å². The van der Waals surface area contributed by atoms with E-state index in [4.69, 9.17) is 5.73 Å². The third-order valence-corrected chi connectivity index (χ3v) is 3.24. The van der Waals surface area contributed by atoms with Gasteiger partial charge in [-0.15, -0.1) is 0 Å². The fraction of sp³-hybridized carbons (Fsp3) is 0.917. The molecule has 1 heterocycles. The van der Waals surface area contributed by atoms with Gasteiger partial charge in [0.1, 0.15) is 0 Å². The van der Waals surface area contributed by atoms with E-state index in [-0.39, 0.29) is 6.03 Å². The normalized spacial score (nSPS) is 26.1. The molecular weight excluding hydrogens is 202 g/mol. The first-order valence-corrected chi connectivity index (χ1v) is 6.30. The van der Waals surface area contributed by atoms with E-state index < -0.39 is 0 Å². The highest BCUT2D eigenvalue weighted by Gasteiger charge is 2.27. The zero-order valence-electron chi connectivity index (χ0n) is 10.7. The molecule has 1 rings (SSSR count). The summed E-state index contributed by atoms with van der Waals surface area (Å²) in [5.41, 5.74) is 5.36. The summed E-state index contributed by atoms with van der Waals surface area (Å²) < 4.78 is 0. The van der Waals surface area contributed by atoms with Crippen molar-refractivity contribution in [3.63, 3.8) is 0 Å². The number of nitrogens with zero attached hydrogens (tertiary/aromatic N) is 1. The molecule has 94 valence electrons. The Morgan fingerprint density at radius 3 is 2.69 bits per heavy atom. The van der Waals surface area contributed by atoms with Gasteiger partial charge in [0.2, 0.25) is 0 Å². The number of piperidine rings is 1. The Kier molecular flexibility index (Phi) is 5.06. The first-order valence-electron chi connectivity index (χ1n) is 6.30. The Labute approximate surface area is 98.6 Å². The van der Waals surface area contributed by atoms with Crippen LogP contribution in [0.1, 0.15) is 33.6 Å². The third kappa shape index (κ3) is 4.00. The second-order valence-corrected chi connectivity index (χ2v) is 5.25. The van der Waals surface area contributed by atoms with Crippen LogP contribution in [-0.4, -0.2) is 36.6 Å². The number of hydrogen-bond donors (Lipinski definition) is 2. The monoisotopic (exact) mass is 227 g/mol. The second-order valence-electron chi connectivity index (χ2n) is 5.25. The Hall–Kier alpha value is -0.770. The third-order valence-electron chi connectivity index (χ3n) is 3.24. The molecule has 2 amide bonds. The summed E-state index contributed by atoms with van der Waals surface area (Å²) in [7, 11) is 0. The molecule has 2 unspecified atom stereocenters. The maximum Gasteiger partial charge on any atom is 0.314 e. The van der Waals surface area contributed by atoms with Crippen LogP contribution >= 0.6 is 0 Å². The molecule has 0 aromatic rings. The minimum atomic E-state index is -0.283. The molecule has 2 atom stereocenters. The molecule has 0 bridgehead atoms. The quantitative estimate of drug-likeness (QED) is 0.763. The highest BCUT2D eigenvalue weighted by atomic mass is 16.2. The molecule has 0 aliphatic carbocycles. The van der Waals surface area contributed by atoms with Gasteiger partial charge in [-0.1, -0.05) is 27.2 Å². The van der Waals surface area contributed by atoms with Gasteiger partial charge in [-0.05, 0) is 24.8 Å². The molecule has 1 saturated heterocycles. The summed E-state index contributed by atoms with van der Waals surface area (Å²) in [6, 6.07) is 0.128. The Bertz CT molecular complexity index is 230. The molecular formula is C12H25N3O. The van der Waals surface area contributed by atoms with Crippen LogP contribution in [-0.2, 0) is 0 Å². The zero-order chi connectivity index (χ0) is 12.1. The van der Waals surface area contributed by atoms with Crippen molar-refractivity contribution in [2.24, 2.45) is 17.6 Å². The number of carbonyl (C=O) groups excluding carboxylic acids is 1. The summed E-state index contributed by atoms with van der Waals surface area (Å²) >= 11 is 0. The molecule has 0 saturated carbocycles. The molecule has 3 N–H and O–H groups in total. The summed E-state index contributed by atoms with van der Waals surface area (Å²) in [4.78, 5) is 13.0. The van der Waals surface area contributed by atoms with Gasteiger partial charge in [0.05, 0.1) is 0 Å². The van der Waals surface area contributed by atoms with Crippen LogP contribution in [0, 0.1) is 11.8 Å². The molecule has 1 aliphatic heterocycles. The van der Waals surface area contributed by atoms with Crippen LogP contribution in [0.2, 0.25) is 0 Å². The molecule has 0 spiro atoms. The molecule has 0 aromatic carbocycles. The molecule has 4 nitrogen and oxygen atoms in total. The smallest absolute Gasteiger partial charge is 0.314 e. The number of urea groups is 1. The van der Waals surface area contributed by atoms with Crippen LogP contribution < -0.4 is 11.1 Å². The predicted molar refractivity (Wildman–Crippen MR) is 66.2 cm³/mol. The average Bonchev–Trinajstić information content (AvgIpc) is 2.25. The van der Waals surface area contributed by atoms with E-state index in [0.717, 1.165) is 32.5 Å². The Morgan fingerprint density at radius 2 is 2.19 bits per heavy atom. The van der Waals surface area contributed by atoms with Gasteiger partial charge in [0, 0.05) is 19.1 Å². The largest absolute Gasteiger partial charge is 0.351 e. The lowest BCUT2D eigenvalue weighted by Crippen LogP contribution is -2.53. The standard InChI is InChI=1S/C12H25N3O/c1-4-10-5-11(14-6-9(2)3)8-15(7-10)12(13)16/h9-11,14H,4-8H2,1-3H3,(H2,13,16). The number of carbonyl (C=O) groups is 1. The van der Waals surface area contributed by atoms with Gasteiger partial charge in [-0.3, -0.25) is 0 Å². The minimum absolute atomic E-state index is 0.283. The average molecular weight is 227 g/mol. The van der Waals surface area contributed by atoms with Crippen molar-refractivity contribution in [3.05, 3.63) is 0 Å². The summed E-state index contributed by atoms with van der Waals surface area (Å²) in [6.07, 6.45) is 2.27. The molecule has 1 aliphatic rings. The first kappa shape index (κ1) is 13.3. The van der Waals surface area contributed by atoms with Crippen LogP contribution in [0.15, 0.2) is 0 Å². The van der Waals surface area contributed by atoms with Crippen LogP contribution in [0.3, 0.4) is 0 Å². The van der Waals surface area contributed by atoms with Crippen LogP contribution in [0.4, 0.5) is 4.79 Å². The van der Waals surface area contributed by atoms with Gasteiger partial charge < -0.3 is 16.0 Å². The Balaban J connectivity index is 2.47. The molecule has 0 radical (unpaired) electrons. The molecule has 16 heavy (non-hydrogen) atoms. The topological polar surface area (TPSA) is 58.4 Å². The number of likely N-dealkylation sites (tertiary alicyclic amines) is 1. The molecule has 1 fully saturated rings. The van der Waals surface area contributed by atoms with E-state index in [9.17, 15) is 4.79 Å². The van der Waals surface area contributed by atoms with Crippen molar-refractivity contribution < 1.29 is 4.79 Å². The number of hydrogen-bond acceptors (Lipinski definition) is 2. The zero-order valence-corrected chi connectivity index (χ0v) is 10.7. The lowest BCUT2D eigenvalue weighted by Gasteiger charge is -2.37. The number of nitrogens with two attached hydrogens (primary N) is 1. The second kappa shape index (κ2) is 6.09. The van der Waals surface area contributed by atoms with Gasteiger partial charge >= 0.3 is 6.03 Å². The van der Waals surface area contributed by atoms with Crippen LogP contribution in [0.5, 0.6) is 0 Å². The van der Waals surface area contributed by atoms with Crippen LogP contribution in [0.25, 0.3) is 0 Å². The van der Waals surface area contributed by atoms with E-state index in [1.165, 1.54) is 0 Å². The number of primary amides is 1. The van der Waals surface area contributed by atoms with E-state index in [1.807, 2.05) is 0 Å². The van der Waals surface area contributed by atoms with E-state index in [0.29, 0.717) is 17.9 Å². The van der Waals surface area contributed by atoms with E-state index in [1.54, 1.807) is 4.90 Å². The van der Waals surface area contributed by atoms with Crippen molar-refractivity contribution in [1.82, 2.24) is 10.2 Å². The number of nitrogens with one attached hydrogen (secondary N) is 1. The summed E-state index contributed by atoms with van der Waals surface area (Å²) in [6.45, 7) is 9.16. The van der Waals surface area contributed by atoms with Gasteiger partial charge in [0.25, 0.3) is 0 Å². The number of amides is 2. The van der Waals surface area contributed by atoms with Gasteiger partial charge in [-0.25, -0.2) is 4.79 Å². The van der Waals surface area contributed by atoms with E-state index in [2.05, 4.69) is 26.1 Å². The van der Waals surface area contributed by atoms with Crippen molar-refractivity contribution in [2.75, 3.05) is 19.6 Å². The highest BCUT2D eigenvalue weighted by Crippen LogP contribution is 2.19. The molecule has 4 heteroatoms. The first-order chi connectivity index (χ1) is 7.52. The summed E-state index contributed by atoms with van der Waals surface area (Å²) in [5.74, 6) is 1.23. The minimum Gasteiger partial charge on any atom is -0.351 e. The Morgan fingerprint density at radius 1 is 1.50 bits per heavy atom. The maximum atomic E-state index is 11.2. The predicted octanol–water partition coefficient (Wildman–Crippen LogP) is 1.41. The maximum absolute atomic E-state index is 11.2. The van der Waals surface area contributed by atoms with Crippen molar-refractivity contribution in [1.29, 1.82) is 0 Å². The molecule has 0 aromatic heterocycles. The fourth-order valence-electron chi connectivity index (χ4n) is 2.23. The lowest BCUT2D eigenvalue weighted by atomic mass is 9.92. The fourth-order valence-corrected chi connectivity index (χ4v) is 2.23. The summed E-state index contributed by atoms with van der Waals surface area (Å²) in [5, 5.41) is 3.52. The number of rotatable bonds is 4. The SMILES string of the molecule is CCC1CC(NCC(C)C)CN(C(N)=O)C1. The van der Waals surface area contributed by atoms with Gasteiger partial charge in [-0.2, -0.15) is 0 Å². The highest BCUT2D eigenvalue weighted by molar-refractivity contribution is 5.72. The lowest BCUT2D eigenvalue weighted by molar-refractivity contribution is 0.150. The van der Waals surface area contributed by atoms with Crippen molar-refractivity contribution in [2.45, 2.75) is 39.7 Å². The van der Waals surface area contributed by atoms with Gasteiger partial charge in [0.15, 0.2) is 0 Å².